The molecule has 0 saturated carbocycles. The summed E-state index contributed by atoms with van der Waals surface area (Å²) in [5, 5.41) is 10.9. The van der Waals surface area contributed by atoms with Crippen molar-refractivity contribution in [2.75, 3.05) is 0 Å². The van der Waals surface area contributed by atoms with Crippen molar-refractivity contribution in [1.82, 2.24) is 5.32 Å². The number of carbonyl (C=O) groups is 2. The summed E-state index contributed by atoms with van der Waals surface area (Å²) in [6.45, 7) is 1.63. The Hall–Kier alpha value is -1.62. The first kappa shape index (κ1) is 13.4. The molecule has 4 nitrogen and oxygen atoms in total. The molecule has 17 heavy (non-hydrogen) atoms. The monoisotopic (exact) mass is 259 g/mol. The average Bonchev–Trinajstić information content (AvgIpc) is 2.28. The van der Waals surface area contributed by atoms with E-state index in [0.717, 1.165) is 6.07 Å². The van der Waals surface area contributed by atoms with Crippen molar-refractivity contribution in [2.45, 2.75) is 19.4 Å². The maximum absolute atomic E-state index is 13.1. The third-order valence-electron chi connectivity index (χ3n) is 2.19. The molecule has 0 aromatic heterocycles. The number of carboxylic acid groups (broad SMARTS) is 1. The second-order valence-electron chi connectivity index (χ2n) is 3.40. The van der Waals surface area contributed by atoms with Crippen LogP contribution in [0.15, 0.2) is 18.2 Å². The van der Waals surface area contributed by atoms with Gasteiger partial charge in [0.25, 0.3) is 5.91 Å². The number of amides is 1. The molecular formula is C11H11ClFNO3. The largest absolute Gasteiger partial charge is 0.480 e. The van der Waals surface area contributed by atoms with Crippen LogP contribution in [0.25, 0.3) is 0 Å². The summed E-state index contributed by atoms with van der Waals surface area (Å²) in [4.78, 5) is 22.3. The molecule has 0 spiro atoms. The quantitative estimate of drug-likeness (QED) is 0.870. The van der Waals surface area contributed by atoms with Gasteiger partial charge in [-0.05, 0) is 24.6 Å². The zero-order valence-corrected chi connectivity index (χ0v) is 9.79. The highest BCUT2D eigenvalue weighted by atomic mass is 35.5. The van der Waals surface area contributed by atoms with E-state index in [0.29, 0.717) is 0 Å². The lowest BCUT2D eigenvalue weighted by Crippen LogP contribution is -2.40. The second kappa shape index (κ2) is 5.63. The fourth-order valence-corrected chi connectivity index (χ4v) is 1.33. The van der Waals surface area contributed by atoms with Gasteiger partial charge in [0.1, 0.15) is 11.9 Å². The second-order valence-corrected chi connectivity index (χ2v) is 3.81. The molecular weight excluding hydrogens is 249 g/mol. The minimum atomic E-state index is -1.13. The minimum absolute atomic E-state index is 0.0339. The predicted octanol–water partition coefficient (Wildman–Crippen LogP) is 2.07. The minimum Gasteiger partial charge on any atom is -0.480 e. The Labute approximate surface area is 102 Å². The summed E-state index contributed by atoms with van der Waals surface area (Å²) >= 11 is 5.47. The van der Waals surface area contributed by atoms with Gasteiger partial charge in [-0.25, -0.2) is 9.18 Å². The number of halogens is 2. The van der Waals surface area contributed by atoms with Crippen LogP contribution in [0.4, 0.5) is 4.39 Å². The van der Waals surface area contributed by atoms with Gasteiger partial charge in [0, 0.05) is 5.56 Å². The molecule has 0 aliphatic heterocycles. The summed E-state index contributed by atoms with van der Waals surface area (Å²) in [5.74, 6) is -2.49. The number of carboxylic acids is 1. The molecule has 0 saturated heterocycles. The van der Waals surface area contributed by atoms with Crippen LogP contribution >= 0.6 is 11.6 Å². The van der Waals surface area contributed by atoms with Crippen LogP contribution in [0.5, 0.6) is 0 Å². The van der Waals surface area contributed by atoms with Crippen molar-refractivity contribution in [3.63, 3.8) is 0 Å². The SMILES string of the molecule is CC[C@@H](NC(=O)c1ccc(Cl)c(F)c1)C(=O)O. The molecule has 1 atom stereocenters. The van der Waals surface area contributed by atoms with Crippen molar-refractivity contribution in [3.8, 4) is 0 Å². The van der Waals surface area contributed by atoms with Crippen LogP contribution in [0.1, 0.15) is 23.7 Å². The molecule has 1 aromatic carbocycles. The lowest BCUT2D eigenvalue weighted by atomic mass is 10.1. The molecule has 6 heteroatoms. The van der Waals surface area contributed by atoms with E-state index >= 15 is 0 Å². The fourth-order valence-electron chi connectivity index (χ4n) is 1.22. The maximum Gasteiger partial charge on any atom is 0.326 e. The topological polar surface area (TPSA) is 66.4 Å². The molecule has 0 radical (unpaired) electrons. The normalized spacial score (nSPS) is 11.9. The molecule has 0 aliphatic rings. The molecule has 0 bridgehead atoms. The first-order valence-corrected chi connectivity index (χ1v) is 5.32. The van der Waals surface area contributed by atoms with Crippen LogP contribution in [0.2, 0.25) is 5.02 Å². The lowest BCUT2D eigenvalue weighted by Gasteiger charge is -2.12. The molecule has 92 valence electrons. The molecule has 2 N–H and O–H groups in total. The lowest BCUT2D eigenvalue weighted by molar-refractivity contribution is -0.139. The first-order valence-electron chi connectivity index (χ1n) is 4.94. The highest BCUT2D eigenvalue weighted by Crippen LogP contribution is 2.15. The number of hydrogen-bond donors (Lipinski definition) is 2. The van der Waals surface area contributed by atoms with Crippen molar-refractivity contribution < 1.29 is 19.1 Å². The average molecular weight is 260 g/mol. The smallest absolute Gasteiger partial charge is 0.326 e. The van der Waals surface area contributed by atoms with Crippen LogP contribution in [-0.4, -0.2) is 23.0 Å². The van der Waals surface area contributed by atoms with Crippen molar-refractivity contribution in [2.24, 2.45) is 0 Å². The van der Waals surface area contributed by atoms with Gasteiger partial charge >= 0.3 is 5.97 Å². The third-order valence-corrected chi connectivity index (χ3v) is 2.50. The summed E-state index contributed by atoms with van der Waals surface area (Å²) in [5.41, 5.74) is 0.0339. The van der Waals surface area contributed by atoms with Crippen LogP contribution in [-0.2, 0) is 4.79 Å². The Morgan fingerprint density at radius 2 is 2.18 bits per heavy atom. The predicted molar refractivity (Wildman–Crippen MR) is 60.6 cm³/mol. The van der Waals surface area contributed by atoms with Crippen LogP contribution in [0.3, 0.4) is 0 Å². The fraction of sp³-hybridized carbons (Fsp3) is 0.273. The van der Waals surface area contributed by atoms with Crippen molar-refractivity contribution in [3.05, 3.63) is 34.6 Å². The summed E-state index contributed by atoms with van der Waals surface area (Å²) < 4.78 is 13.1. The summed E-state index contributed by atoms with van der Waals surface area (Å²) in [6, 6.07) is 2.55. The Bertz CT molecular complexity index is 450. The van der Waals surface area contributed by atoms with E-state index in [1.807, 2.05) is 0 Å². The van der Waals surface area contributed by atoms with E-state index in [1.54, 1.807) is 6.92 Å². The molecule has 1 rings (SSSR count). The first-order chi connectivity index (χ1) is 7.95. The highest BCUT2D eigenvalue weighted by molar-refractivity contribution is 6.30. The molecule has 1 amide bonds. The maximum atomic E-state index is 13.1. The summed E-state index contributed by atoms with van der Waals surface area (Å²) in [6.07, 6.45) is 0.247. The van der Waals surface area contributed by atoms with Gasteiger partial charge in [-0.15, -0.1) is 0 Å². The van der Waals surface area contributed by atoms with E-state index in [9.17, 15) is 14.0 Å². The Balaban J connectivity index is 2.82. The number of aliphatic carboxylic acids is 1. The molecule has 0 aliphatic carbocycles. The van der Waals surface area contributed by atoms with E-state index in [-0.39, 0.29) is 17.0 Å². The van der Waals surface area contributed by atoms with Gasteiger partial charge in [-0.2, -0.15) is 0 Å². The molecule has 0 heterocycles. The van der Waals surface area contributed by atoms with Gasteiger partial charge in [0.2, 0.25) is 0 Å². The van der Waals surface area contributed by atoms with E-state index in [2.05, 4.69) is 5.32 Å². The Morgan fingerprint density at radius 3 is 2.65 bits per heavy atom. The number of rotatable bonds is 4. The summed E-state index contributed by atoms with van der Waals surface area (Å²) in [7, 11) is 0. The van der Waals surface area contributed by atoms with E-state index in [4.69, 9.17) is 16.7 Å². The van der Waals surface area contributed by atoms with Crippen molar-refractivity contribution >= 4 is 23.5 Å². The van der Waals surface area contributed by atoms with E-state index in [1.165, 1.54) is 12.1 Å². The third kappa shape index (κ3) is 3.42. The van der Waals surface area contributed by atoms with Gasteiger partial charge in [-0.1, -0.05) is 18.5 Å². The zero-order chi connectivity index (χ0) is 13.0. The number of nitrogens with one attached hydrogen (secondary N) is 1. The number of carbonyl (C=O) groups excluding carboxylic acids is 1. The Kier molecular flexibility index (Phi) is 4.45. The van der Waals surface area contributed by atoms with Crippen LogP contribution < -0.4 is 5.32 Å². The molecule has 0 unspecified atom stereocenters. The molecule has 0 fully saturated rings. The van der Waals surface area contributed by atoms with E-state index < -0.39 is 23.7 Å². The van der Waals surface area contributed by atoms with Gasteiger partial charge in [-0.3, -0.25) is 4.79 Å². The van der Waals surface area contributed by atoms with Crippen LogP contribution in [0, 0.1) is 5.82 Å². The zero-order valence-electron chi connectivity index (χ0n) is 9.04. The highest BCUT2D eigenvalue weighted by Gasteiger charge is 2.18. The number of hydrogen-bond acceptors (Lipinski definition) is 2. The standard InChI is InChI=1S/C11H11ClFNO3/c1-2-9(11(16)17)14-10(15)6-3-4-7(12)8(13)5-6/h3-5,9H,2H2,1H3,(H,14,15)(H,16,17)/t9-/m1/s1. The van der Waals surface area contributed by atoms with Gasteiger partial charge < -0.3 is 10.4 Å². The van der Waals surface area contributed by atoms with Gasteiger partial charge in [0.15, 0.2) is 0 Å². The van der Waals surface area contributed by atoms with Gasteiger partial charge in [0.05, 0.1) is 5.02 Å². The van der Waals surface area contributed by atoms with Crippen molar-refractivity contribution in [1.29, 1.82) is 0 Å². The molecule has 1 aromatic rings. The Morgan fingerprint density at radius 1 is 1.53 bits per heavy atom. The number of benzene rings is 1.